The first-order valence-electron chi connectivity index (χ1n) is 12.4. The van der Waals surface area contributed by atoms with Crippen molar-refractivity contribution in [3.8, 4) is 0 Å². The number of aryl methyl sites for hydroxylation is 1. The van der Waals surface area contributed by atoms with Crippen LogP contribution in [-0.4, -0.2) is 33.6 Å². The number of hydrogen-bond acceptors (Lipinski definition) is 6. The van der Waals surface area contributed by atoms with Crippen molar-refractivity contribution in [2.24, 2.45) is 11.7 Å². The van der Waals surface area contributed by atoms with Crippen LogP contribution in [0.25, 0.3) is 10.9 Å². The number of nitrogens with zero attached hydrogens (tertiary/aromatic N) is 2. The molecule has 0 radical (unpaired) electrons. The second-order valence-electron chi connectivity index (χ2n) is 9.70. The van der Waals surface area contributed by atoms with E-state index in [1.165, 1.54) is 4.90 Å². The molecule has 1 atom stereocenters. The average molecular weight is 533 g/mol. The van der Waals surface area contributed by atoms with Crippen LogP contribution in [0.2, 0.25) is 0 Å². The van der Waals surface area contributed by atoms with Crippen molar-refractivity contribution in [3.63, 3.8) is 0 Å². The van der Waals surface area contributed by atoms with Gasteiger partial charge >= 0.3 is 0 Å². The second-order valence-corrected chi connectivity index (χ2v) is 10.5. The number of aromatic amines is 1. The minimum absolute atomic E-state index is 0.0412. The summed E-state index contributed by atoms with van der Waals surface area (Å²) in [4.78, 5) is 44.8. The van der Waals surface area contributed by atoms with Gasteiger partial charge in [0.2, 0.25) is 5.91 Å². The van der Waals surface area contributed by atoms with Crippen LogP contribution in [0.3, 0.4) is 0 Å². The Morgan fingerprint density at radius 3 is 2.53 bits per heavy atom. The predicted molar refractivity (Wildman–Crippen MR) is 151 cm³/mol. The number of para-hydroxylation sites is 1. The van der Waals surface area contributed by atoms with Crippen molar-refractivity contribution in [2.75, 3.05) is 17.2 Å². The summed E-state index contributed by atoms with van der Waals surface area (Å²) in [6.07, 6.45) is 2.54. The van der Waals surface area contributed by atoms with E-state index < -0.39 is 17.9 Å². The van der Waals surface area contributed by atoms with Gasteiger partial charge in [-0.2, -0.15) is 4.37 Å². The number of nitrogens with one attached hydrogen (secondary N) is 2. The lowest BCUT2D eigenvalue weighted by molar-refractivity contribution is -0.122. The van der Waals surface area contributed by atoms with Crippen LogP contribution in [0, 0.1) is 19.8 Å². The van der Waals surface area contributed by atoms with Crippen LogP contribution in [0.4, 0.5) is 11.4 Å². The summed E-state index contributed by atoms with van der Waals surface area (Å²) in [5.74, 6) is -1.31. The van der Waals surface area contributed by atoms with Gasteiger partial charge in [0.05, 0.1) is 5.69 Å². The Labute approximate surface area is 225 Å². The maximum atomic E-state index is 14.3. The van der Waals surface area contributed by atoms with Gasteiger partial charge in [-0.25, -0.2) is 0 Å². The molecule has 0 saturated carbocycles. The van der Waals surface area contributed by atoms with Crippen molar-refractivity contribution in [2.45, 2.75) is 40.2 Å². The van der Waals surface area contributed by atoms with E-state index in [0.29, 0.717) is 23.7 Å². The molecule has 10 heteroatoms. The quantitative estimate of drug-likeness (QED) is 0.251. The number of nitrogen functional groups attached to an aromatic ring is 1. The minimum atomic E-state index is -1.04. The smallest absolute Gasteiger partial charge is 0.273 e. The van der Waals surface area contributed by atoms with Crippen LogP contribution < -0.4 is 21.7 Å². The van der Waals surface area contributed by atoms with Gasteiger partial charge < -0.3 is 21.8 Å². The van der Waals surface area contributed by atoms with Crippen LogP contribution >= 0.6 is 11.5 Å². The molecule has 2 heterocycles. The SMILES string of the molecule is Cc1cccc(N(C(=O)c2snc(C(N)=O)c2N)C(C(=O)NCCC(C)C)c2c[nH]c3ccccc23)c1C. The highest BCUT2D eigenvalue weighted by molar-refractivity contribution is 7.09. The molecule has 1 unspecified atom stereocenters. The number of carbonyl (C=O) groups is 3. The molecule has 0 aliphatic heterocycles. The molecule has 6 N–H and O–H groups in total. The molecule has 9 nitrogen and oxygen atoms in total. The number of primary amides is 1. The van der Waals surface area contributed by atoms with Crippen molar-refractivity contribution < 1.29 is 14.4 Å². The first-order chi connectivity index (χ1) is 18.1. The summed E-state index contributed by atoms with van der Waals surface area (Å²) in [5.41, 5.74) is 15.1. The van der Waals surface area contributed by atoms with E-state index >= 15 is 0 Å². The minimum Gasteiger partial charge on any atom is -0.395 e. The van der Waals surface area contributed by atoms with E-state index in [1.54, 1.807) is 12.3 Å². The Morgan fingerprint density at radius 2 is 1.84 bits per heavy atom. The summed E-state index contributed by atoms with van der Waals surface area (Å²) in [6.45, 7) is 8.46. The third-order valence-corrected chi connectivity index (χ3v) is 7.50. The average Bonchev–Trinajstić information content (AvgIpc) is 3.47. The number of fused-ring (bicyclic) bond motifs is 1. The number of amides is 3. The summed E-state index contributed by atoms with van der Waals surface area (Å²) in [5, 5.41) is 3.85. The molecule has 4 rings (SSSR count). The number of aromatic nitrogens is 2. The Morgan fingerprint density at radius 1 is 1.11 bits per heavy atom. The Kier molecular flexibility index (Phi) is 7.82. The Balaban J connectivity index is 1.94. The molecule has 38 heavy (non-hydrogen) atoms. The molecule has 3 amide bonds. The van der Waals surface area contributed by atoms with Gasteiger partial charge in [0.25, 0.3) is 11.8 Å². The summed E-state index contributed by atoms with van der Waals surface area (Å²) < 4.78 is 4.03. The molecule has 0 bridgehead atoms. The predicted octanol–water partition coefficient (Wildman–Crippen LogP) is 4.47. The number of benzene rings is 2. The molecular formula is C28H32N6O3S. The number of rotatable bonds is 9. The van der Waals surface area contributed by atoms with Crippen molar-refractivity contribution in [3.05, 3.63) is 75.9 Å². The molecule has 0 aliphatic carbocycles. The largest absolute Gasteiger partial charge is 0.395 e. The van der Waals surface area contributed by atoms with Gasteiger partial charge in [0.1, 0.15) is 10.9 Å². The first-order valence-corrected chi connectivity index (χ1v) is 13.2. The van der Waals surface area contributed by atoms with Gasteiger partial charge in [0, 0.05) is 34.9 Å². The molecule has 4 aromatic rings. The fraction of sp³-hybridized carbons (Fsp3) is 0.286. The third kappa shape index (κ3) is 5.12. The molecule has 2 aromatic heterocycles. The summed E-state index contributed by atoms with van der Waals surface area (Å²) in [6, 6.07) is 12.2. The van der Waals surface area contributed by atoms with E-state index in [1.807, 2.05) is 50.2 Å². The molecule has 2 aromatic carbocycles. The zero-order valence-corrected chi connectivity index (χ0v) is 22.7. The van der Waals surface area contributed by atoms with E-state index in [-0.39, 0.29) is 22.2 Å². The lowest BCUT2D eigenvalue weighted by atomic mass is 9.99. The molecular weight excluding hydrogens is 500 g/mol. The number of H-pyrrole nitrogens is 1. The van der Waals surface area contributed by atoms with Crippen LogP contribution in [0.5, 0.6) is 0 Å². The third-order valence-electron chi connectivity index (χ3n) is 6.65. The van der Waals surface area contributed by atoms with E-state index in [9.17, 15) is 14.4 Å². The maximum Gasteiger partial charge on any atom is 0.273 e. The van der Waals surface area contributed by atoms with Gasteiger partial charge in [0.15, 0.2) is 5.69 Å². The Bertz CT molecular complexity index is 1510. The fourth-order valence-corrected chi connectivity index (χ4v) is 5.14. The summed E-state index contributed by atoms with van der Waals surface area (Å²) >= 11 is 0.791. The molecule has 0 aliphatic rings. The van der Waals surface area contributed by atoms with Crippen LogP contribution in [0.1, 0.15) is 63.2 Å². The van der Waals surface area contributed by atoms with Crippen molar-refractivity contribution in [1.82, 2.24) is 14.7 Å². The maximum absolute atomic E-state index is 14.3. The molecule has 0 spiro atoms. The van der Waals surface area contributed by atoms with Gasteiger partial charge in [-0.05, 0) is 61.0 Å². The lowest BCUT2D eigenvalue weighted by Crippen LogP contribution is -2.44. The number of hydrogen-bond donors (Lipinski definition) is 4. The molecule has 0 saturated heterocycles. The van der Waals surface area contributed by atoms with E-state index in [0.717, 1.165) is 40.0 Å². The molecule has 0 fully saturated rings. The highest BCUT2D eigenvalue weighted by Gasteiger charge is 2.38. The highest BCUT2D eigenvalue weighted by Crippen LogP contribution is 2.37. The topological polar surface area (TPSA) is 147 Å². The van der Waals surface area contributed by atoms with Crippen LogP contribution in [-0.2, 0) is 4.79 Å². The summed E-state index contributed by atoms with van der Waals surface area (Å²) in [7, 11) is 0. The standard InChI is InChI=1S/C28H32N6O3S/c1-15(2)12-13-31-27(36)24(19-14-32-20-10-6-5-9-18(19)20)34(21-11-7-8-16(3)17(21)4)28(37)25-22(29)23(26(30)35)33-38-25/h5-11,14-15,24,32H,12-13,29H2,1-4H3,(H2,30,35)(H,31,36). The first kappa shape index (κ1) is 26.9. The number of nitrogens with two attached hydrogens (primary N) is 2. The normalized spacial score (nSPS) is 12.0. The zero-order valence-electron chi connectivity index (χ0n) is 21.9. The van der Waals surface area contributed by atoms with Crippen molar-refractivity contribution >= 4 is 51.5 Å². The van der Waals surface area contributed by atoms with Gasteiger partial charge in [-0.3, -0.25) is 19.3 Å². The fourth-order valence-electron chi connectivity index (χ4n) is 4.40. The van der Waals surface area contributed by atoms with Crippen molar-refractivity contribution in [1.29, 1.82) is 0 Å². The number of carbonyl (C=O) groups excluding carboxylic acids is 3. The number of anilines is 2. The second kappa shape index (κ2) is 11.1. The van der Waals surface area contributed by atoms with Crippen LogP contribution in [0.15, 0.2) is 48.7 Å². The zero-order chi connectivity index (χ0) is 27.6. The molecule has 198 valence electrons. The lowest BCUT2D eigenvalue weighted by Gasteiger charge is -2.32. The Hall–Kier alpha value is -4.18. The van der Waals surface area contributed by atoms with Gasteiger partial charge in [-0.1, -0.05) is 44.2 Å². The van der Waals surface area contributed by atoms with E-state index in [4.69, 9.17) is 11.5 Å². The van der Waals surface area contributed by atoms with Gasteiger partial charge in [-0.15, -0.1) is 0 Å². The monoisotopic (exact) mass is 532 g/mol. The van der Waals surface area contributed by atoms with E-state index in [2.05, 4.69) is 28.5 Å². The highest BCUT2D eigenvalue weighted by atomic mass is 32.1.